The van der Waals surface area contributed by atoms with Gasteiger partial charge in [-0.15, -0.1) is 0 Å². The van der Waals surface area contributed by atoms with Crippen molar-refractivity contribution in [3.8, 4) is 17.2 Å². The number of carbonyl (C=O) groups is 5. The Morgan fingerprint density at radius 1 is 0.773 bits per heavy atom. The van der Waals surface area contributed by atoms with Crippen molar-refractivity contribution >= 4 is 35.8 Å². The van der Waals surface area contributed by atoms with Crippen molar-refractivity contribution in [2.24, 2.45) is 0 Å². The number of benzene rings is 3. The Morgan fingerprint density at radius 2 is 1.36 bits per heavy atom. The van der Waals surface area contributed by atoms with E-state index in [0.717, 1.165) is 5.56 Å². The van der Waals surface area contributed by atoms with Gasteiger partial charge in [-0.1, -0.05) is 48.5 Å². The minimum absolute atomic E-state index is 0.0127. The molecule has 0 fully saturated rings. The first kappa shape index (κ1) is 33.3. The molecular formula is C34H36N2O8. The molecule has 0 radical (unpaired) electrons. The Balaban J connectivity index is 2.06. The molecule has 0 saturated carbocycles. The van der Waals surface area contributed by atoms with Crippen molar-refractivity contribution in [1.29, 1.82) is 0 Å². The molecule has 0 aliphatic rings. The van der Waals surface area contributed by atoms with Gasteiger partial charge in [-0.05, 0) is 67.8 Å². The van der Waals surface area contributed by atoms with E-state index in [-0.39, 0.29) is 18.0 Å². The molecule has 0 spiro atoms. The van der Waals surface area contributed by atoms with Gasteiger partial charge in [-0.3, -0.25) is 24.0 Å². The first-order valence-electron chi connectivity index (χ1n) is 13.9. The third kappa shape index (κ3) is 10.2. The van der Waals surface area contributed by atoms with Crippen molar-refractivity contribution < 1.29 is 38.2 Å². The molecule has 0 aliphatic heterocycles. The summed E-state index contributed by atoms with van der Waals surface area (Å²) in [7, 11) is 0. The Kier molecular flexibility index (Phi) is 11.2. The van der Waals surface area contributed by atoms with Gasteiger partial charge >= 0.3 is 17.9 Å². The highest BCUT2D eigenvalue weighted by atomic mass is 16.6. The standard InChI is InChI=1S/C34H36N2O8/c1-22(37)42-28-16-14-27(15-17-28)32(33(41)35-34(4,5)6)36(21-26-10-8-7-9-11-26)31(40)19-13-25-12-18-29(43-23(2)38)30(20-25)44-24(3)39/h7-20,32H,21H2,1-6H3,(H,35,41)/b19-13+/t32-/m0/s1. The number of nitrogens with zero attached hydrogens (tertiary/aromatic N) is 1. The molecule has 230 valence electrons. The van der Waals surface area contributed by atoms with Crippen LogP contribution in [0.5, 0.6) is 17.2 Å². The Labute approximate surface area is 256 Å². The van der Waals surface area contributed by atoms with Gasteiger partial charge in [0.15, 0.2) is 11.5 Å². The molecule has 0 unspecified atom stereocenters. The summed E-state index contributed by atoms with van der Waals surface area (Å²) in [5, 5.41) is 2.97. The lowest BCUT2D eigenvalue weighted by atomic mass is 10.0. The van der Waals surface area contributed by atoms with Crippen LogP contribution in [0.25, 0.3) is 6.08 Å². The largest absolute Gasteiger partial charge is 0.427 e. The normalized spacial score (nSPS) is 11.8. The van der Waals surface area contributed by atoms with Crippen molar-refractivity contribution in [3.05, 3.63) is 95.6 Å². The van der Waals surface area contributed by atoms with Crippen LogP contribution in [0.15, 0.2) is 78.9 Å². The van der Waals surface area contributed by atoms with E-state index in [1.807, 2.05) is 51.1 Å². The van der Waals surface area contributed by atoms with Crippen molar-refractivity contribution in [2.45, 2.75) is 59.7 Å². The van der Waals surface area contributed by atoms with E-state index in [1.165, 1.54) is 50.0 Å². The molecule has 10 nitrogen and oxygen atoms in total. The Hall–Kier alpha value is -5.25. The topological polar surface area (TPSA) is 128 Å². The van der Waals surface area contributed by atoms with E-state index in [0.29, 0.717) is 16.9 Å². The SMILES string of the molecule is CC(=O)Oc1ccc([C@@H](C(=O)NC(C)(C)C)N(Cc2ccccc2)C(=O)/C=C/c2ccc(OC(C)=O)c(OC(C)=O)c2)cc1. The molecule has 1 N–H and O–H groups in total. The van der Waals surface area contributed by atoms with Gasteiger partial charge < -0.3 is 24.4 Å². The lowest BCUT2D eigenvalue weighted by Gasteiger charge is -2.33. The number of esters is 3. The number of carbonyl (C=O) groups excluding carboxylic acids is 5. The van der Waals surface area contributed by atoms with E-state index in [9.17, 15) is 24.0 Å². The van der Waals surface area contributed by atoms with Crippen LogP contribution in [0.3, 0.4) is 0 Å². The minimum atomic E-state index is -1.05. The smallest absolute Gasteiger partial charge is 0.308 e. The average molecular weight is 601 g/mol. The van der Waals surface area contributed by atoms with E-state index < -0.39 is 41.3 Å². The highest BCUT2D eigenvalue weighted by Crippen LogP contribution is 2.30. The highest BCUT2D eigenvalue weighted by molar-refractivity contribution is 5.96. The van der Waals surface area contributed by atoms with Crippen LogP contribution < -0.4 is 19.5 Å². The number of ether oxygens (including phenoxy) is 3. The summed E-state index contributed by atoms with van der Waals surface area (Å²) in [4.78, 5) is 63.7. The van der Waals surface area contributed by atoms with Crippen LogP contribution in [0.4, 0.5) is 0 Å². The fourth-order valence-electron chi connectivity index (χ4n) is 4.24. The van der Waals surface area contributed by atoms with Crippen LogP contribution in [-0.4, -0.2) is 40.2 Å². The second-order valence-electron chi connectivity index (χ2n) is 11.0. The first-order chi connectivity index (χ1) is 20.7. The third-order valence-electron chi connectivity index (χ3n) is 5.89. The van der Waals surface area contributed by atoms with Crippen molar-refractivity contribution in [1.82, 2.24) is 10.2 Å². The Morgan fingerprint density at radius 3 is 1.93 bits per heavy atom. The average Bonchev–Trinajstić information content (AvgIpc) is 2.92. The van der Waals surface area contributed by atoms with Gasteiger partial charge in [0.2, 0.25) is 11.8 Å². The fourth-order valence-corrected chi connectivity index (χ4v) is 4.24. The lowest BCUT2D eigenvalue weighted by Crippen LogP contribution is -2.48. The third-order valence-corrected chi connectivity index (χ3v) is 5.89. The van der Waals surface area contributed by atoms with Crippen LogP contribution in [0.1, 0.15) is 64.3 Å². The van der Waals surface area contributed by atoms with E-state index in [2.05, 4.69) is 5.32 Å². The molecule has 2 amide bonds. The summed E-state index contributed by atoms with van der Waals surface area (Å²) >= 11 is 0. The molecule has 1 atom stereocenters. The lowest BCUT2D eigenvalue weighted by molar-refractivity contribution is -0.138. The minimum Gasteiger partial charge on any atom is -0.427 e. The monoisotopic (exact) mass is 600 g/mol. The second-order valence-corrected chi connectivity index (χ2v) is 11.0. The molecule has 0 heterocycles. The van der Waals surface area contributed by atoms with E-state index in [4.69, 9.17) is 14.2 Å². The number of nitrogens with one attached hydrogen (secondary N) is 1. The van der Waals surface area contributed by atoms with Crippen LogP contribution in [0, 0.1) is 0 Å². The maximum absolute atomic E-state index is 13.9. The molecule has 10 heteroatoms. The van der Waals surface area contributed by atoms with Gasteiger partial charge in [-0.2, -0.15) is 0 Å². The predicted octanol–water partition coefficient (Wildman–Crippen LogP) is 5.16. The molecule has 0 aromatic heterocycles. The molecule has 3 aromatic rings. The molecule has 0 aliphatic carbocycles. The number of hydrogen-bond donors (Lipinski definition) is 1. The predicted molar refractivity (Wildman–Crippen MR) is 163 cm³/mol. The Bertz CT molecular complexity index is 1540. The van der Waals surface area contributed by atoms with Gasteiger partial charge in [0.1, 0.15) is 11.8 Å². The molecule has 44 heavy (non-hydrogen) atoms. The number of hydrogen-bond acceptors (Lipinski definition) is 8. The quantitative estimate of drug-likeness (QED) is 0.192. The van der Waals surface area contributed by atoms with Crippen LogP contribution in [0.2, 0.25) is 0 Å². The zero-order chi connectivity index (χ0) is 32.4. The van der Waals surface area contributed by atoms with Crippen molar-refractivity contribution in [3.63, 3.8) is 0 Å². The number of rotatable bonds is 10. The van der Waals surface area contributed by atoms with Gasteiger partial charge in [0.25, 0.3) is 0 Å². The first-order valence-corrected chi connectivity index (χ1v) is 13.9. The summed E-state index contributed by atoms with van der Waals surface area (Å²) in [6, 6.07) is 19.1. The fraction of sp³-hybridized carbons (Fsp3) is 0.265. The van der Waals surface area contributed by atoms with Gasteiger partial charge in [0, 0.05) is 38.9 Å². The molecule has 3 rings (SSSR count). The zero-order valence-electron chi connectivity index (χ0n) is 25.6. The maximum atomic E-state index is 13.9. The molecular weight excluding hydrogens is 564 g/mol. The van der Waals surface area contributed by atoms with Crippen LogP contribution in [-0.2, 0) is 30.5 Å². The molecule has 0 saturated heterocycles. The van der Waals surface area contributed by atoms with E-state index >= 15 is 0 Å². The van der Waals surface area contributed by atoms with Gasteiger partial charge in [-0.25, -0.2) is 0 Å². The number of amides is 2. The second kappa shape index (κ2) is 14.8. The summed E-state index contributed by atoms with van der Waals surface area (Å²) < 4.78 is 15.5. The highest BCUT2D eigenvalue weighted by Gasteiger charge is 2.32. The van der Waals surface area contributed by atoms with Crippen LogP contribution >= 0.6 is 0 Å². The summed E-state index contributed by atoms with van der Waals surface area (Å²) in [6.07, 6.45) is 2.82. The molecule has 0 bridgehead atoms. The maximum Gasteiger partial charge on any atom is 0.308 e. The van der Waals surface area contributed by atoms with Gasteiger partial charge in [0.05, 0.1) is 0 Å². The van der Waals surface area contributed by atoms with Crippen molar-refractivity contribution in [2.75, 3.05) is 0 Å². The molecule has 3 aromatic carbocycles. The zero-order valence-corrected chi connectivity index (χ0v) is 25.6. The summed E-state index contributed by atoms with van der Waals surface area (Å²) in [5.41, 5.74) is 1.18. The summed E-state index contributed by atoms with van der Waals surface area (Å²) in [6.45, 7) is 9.36. The van der Waals surface area contributed by atoms with E-state index in [1.54, 1.807) is 30.3 Å². The summed E-state index contributed by atoms with van der Waals surface area (Å²) in [5.74, 6) is -2.20.